The van der Waals surface area contributed by atoms with Crippen LogP contribution in [0, 0.1) is 0 Å². The lowest BCUT2D eigenvalue weighted by Crippen LogP contribution is -2.48. The van der Waals surface area contributed by atoms with E-state index in [1.54, 1.807) is 0 Å². The minimum absolute atomic E-state index is 0.295. The third kappa shape index (κ3) is 2.53. The molecule has 22 heavy (non-hydrogen) atoms. The average molecular weight is 292 g/mol. The summed E-state index contributed by atoms with van der Waals surface area (Å²) in [5.74, 6) is 0.982. The van der Waals surface area contributed by atoms with E-state index in [-0.39, 0.29) is 0 Å². The minimum atomic E-state index is 0.295. The number of aromatic nitrogens is 3. The van der Waals surface area contributed by atoms with Crippen LogP contribution in [0.25, 0.3) is 5.69 Å². The summed E-state index contributed by atoms with van der Waals surface area (Å²) in [6.07, 6.45) is 3.04. The zero-order chi connectivity index (χ0) is 14.8. The second kappa shape index (κ2) is 5.73. The van der Waals surface area contributed by atoms with Crippen molar-refractivity contribution in [3.8, 4) is 5.69 Å². The predicted octanol–water partition coefficient (Wildman–Crippen LogP) is 2.47. The van der Waals surface area contributed by atoms with Gasteiger partial charge in [0.2, 0.25) is 6.33 Å². The van der Waals surface area contributed by atoms with Gasteiger partial charge in [-0.2, -0.15) is 0 Å². The normalized spacial score (nSPS) is 17.2. The molecule has 0 spiro atoms. The summed E-state index contributed by atoms with van der Waals surface area (Å²) < 4.78 is 9.92. The first kappa shape index (κ1) is 13.2. The van der Waals surface area contributed by atoms with Crippen molar-refractivity contribution in [2.24, 2.45) is 0 Å². The maximum absolute atomic E-state index is 5.73. The Morgan fingerprint density at radius 1 is 1.05 bits per heavy atom. The summed E-state index contributed by atoms with van der Waals surface area (Å²) in [5.41, 5.74) is 2.40. The van der Waals surface area contributed by atoms with E-state index in [0.717, 1.165) is 24.5 Å². The van der Waals surface area contributed by atoms with Crippen LogP contribution in [0.1, 0.15) is 17.4 Å². The summed E-state index contributed by atoms with van der Waals surface area (Å²) in [6, 6.07) is 21.0. The van der Waals surface area contributed by atoms with Crippen LogP contribution in [0.4, 0.5) is 0 Å². The fourth-order valence-electron chi connectivity index (χ4n) is 2.91. The lowest BCUT2D eigenvalue weighted by molar-refractivity contribution is -0.742. The Balaban J connectivity index is 1.65. The van der Waals surface area contributed by atoms with Gasteiger partial charge in [-0.1, -0.05) is 53.2 Å². The molecule has 1 aliphatic heterocycles. The van der Waals surface area contributed by atoms with Crippen molar-refractivity contribution in [1.82, 2.24) is 9.78 Å². The molecule has 0 aliphatic carbocycles. The molecule has 0 bridgehead atoms. The third-order valence-corrected chi connectivity index (χ3v) is 4.02. The fraction of sp³-hybridized carbons (Fsp3) is 0.222. The number of hydrogen-bond acceptors (Lipinski definition) is 2. The van der Waals surface area contributed by atoms with Gasteiger partial charge in [0.25, 0.3) is 0 Å². The van der Waals surface area contributed by atoms with Crippen LogP contribution in [0.5, 0.6) is 0 Å². The maximum Gasteiger partial charge on any atom is 0.304 e. The van der Waals surface area contributed by atoms with Gasteiger partial charge in [0.05, 0.1) is 6.61 Å². The van der Waals surface area contributed by atoms with Crippen molar-refractivity contribution in [1.29, 1.82) is 0 Å². The van der Waals surface area contributed by atoms with E-state index in [0.29, 0.717) is 12.6 Å². The van der Waals surface area contributed by atoms with Crippen molar-refractivity contribution in [3.63, 3.8) is 0 Å². The SMILES string of the molecule is c1ccc(CC2COCc3nn(-c4ccccc4)c[n+]32)cc1. The Bertz CT molecular complexity index is 753. The van der Waals surface area contributed by atoms with Gasteiger partial charge in [0.15, 0.2) is 0 Å². The Kier molecular flexibility index (Phi) is 3.45. The summed E-state index contributed by atoms with van der Waals surface area (Å²) >= 11 is 0. The number of benzene rings is 2. The molecule has 1 aromatic heterocycles. The number of ether oxygens (including phenoxy) is 1. The molecule has 4 nitrogen and oxygen atoms in total. The van der Waals surface area contributed by atoms with Gasteiger partial charge in [-0.25, -0.2) is 4.57 Å². The van der Waals surface area contributed by atoms with Crippen molar-refractivity contribution < 1.29 is 9.30 Å². The van der Waals surface area contributed by atoms with Crippen LogP contribution in [0.3, 0.4) is 0 Å². The highest BCUT2D eigenvalue weighted by Crippen LogP contribution is 2.15. The van der Waals surface area contributed by atoms with Crippen molar-refractivity contribution in [2.75, 3.05) is 6.61 Å². The van der Waals surface area contributed by atoms with Crippen LogP contribution in [0.15, 0.2) is 67.0 Å². The topological polar surface area (TPSA) is 30.9 Å². The molecule has 4 rings (SSSR count). The summed E-state index contributed by atoms with van der Waals surface area (Å²) in [6.45, 7) is 1.30. The maximum atomic E-state index is 5.73. The van der Waals surface area contributed by atoms with Crippen molar-refractivity contribution >= 4 is 0 Å². The molecule has 0 fully saturated rings. The second-order valence-corrected chi connectivity index (χ2v) is 5.58. The highest BCUT2D eigenvalue weighted by Gasteiger charge is 2.29. The lowest BCUT2D eigenvalue weighted by Gasteiger charge is -2.19. The standard InChI is InChI=1S/C18H18N3O/c1-3-7-15(8-4-1)11-17-12-22-13-18-19-21(14-20(17)18)16-9-5-2-6-10-16/h1-10,14,17H,11-13H2/q+1. The van der Waals surface area contributed by atoms with Gasteiger partial charge in [0, 0.05) is 11.5 Å². The van der Waals surface area contributed by atoms with Gasteiger partial charge in [-0.3, -0.25) is 0 Å². The molecule has 4 heteroatoms. The lowest BCUT2D eigenvalue weighted by atomic mass is 10.1. The molecule has 2 heterocycles. The van der Waals surface area contributed by atoms with E-state index in [1.807, 2.05) is 28.9 Å². The molecule has 1 unspecified atom stereocenters. The smallest absolute Gasteiger partial charge is 0.304 e. The van der Waals surface area contributed by atoms with Gasteiger partial charge >= 0.3 is 5.82 Å². The number of para-hydroxylation sites is 1. The van der Waals surface area contributed by atoms with E-state index in [9.17, 15) is 0 Å². The summed E-state index contributed by atoms with van der Waals surface area (Å²) in [5, 5.41) is 4.67. The monoisotopic (exact) mass is 292 g/mol. The first-order chi connectivity index (χ1) is 10.9. The van der Waals surface area contributed by atoms with Crippen LogP contribution in [-0.2, 0) is 17.8 Å². The molecule has 0 saturated carbocycles. The number of nitrogens with zero attached hydrogens (tertiary/aromatic N) is 3. The largest absolute Gasteiger partial charge is 0.367 e. The molecule has 2 aromatic carbocycles. The summed E-state index contributed by atoms with van der Waals surface area (Å²) in [4.78, 5) is 0. The molecule has 1 aliphatic rings. The van der Waals surface area contributed by atoms with Gasteiger partial charge < -0.3 is 4.74 Å². The molecule has 0 radical (unpaired) electrons. The van der Waals surface area contributed by atoms with Crippen LogP contribution in [0.2, 0.25) is 0 Å². The first-order valence-corrected chi connectivity index (χ1v) is 7.57. The van der Waals surface area contributed by atoms with Gasteiger partial charge in [-0.05, 0) is 17.7 Å². The molecule has 110 valence electrons. The molecular formula is C18H18N3O+. The average Bonchev–Trinajstić information content (AvgIpc) is 3.02. The van der Waals surface area contributed by atoms with Crippen LogP contribution < -0.4 is 4.57 Å². The third-order valence-electron chi connectivity index (χ3n) is 4.02. The Labute approximate surface area is 129 Å². The molecule has 1 atom stereocenters. The van der Waals surface area contributed by atoms with E-state index < -0.39 is 0 Å². The first-order valence-electron chi connectivity index (χ1n) is 7.57. The van der Waals surface area contributed by atoms with Crippen molar-refractivity contribution in [3.05, 3.63) is 78.4 Å². The molecule has 0 N–H and O–H groups in total. The fourth-order valence-corrected chi connectivity index (χ4v) is 2.91. The highest BCUT2D eigenvalue weighted by molar-refractivity contribution is 5.28. The quantitative estimate of drug-likeness (QED) is 0.694. The number of fused-ring (bicyclic) bond motifs is 1. The van der Waals surface area contributed by atoms with Crippen LogP contribution in [-0.4, -0.2) is 16.4 Å². The zero-order valence-electron chi connectivity index (χ0n) is 12.3. The van der Waals surface area contributed by atoms with E-state index in [2.05, 4.69) is 52.4 Å². The number of hydrogen-bond donors (Lipinski definition) is 0. The number of rotatable bonds is 3. The Hall–Kier alpha value is -2.46. The van der Waals surface area contributed by atoms with Gasteiger partial charge in [-0.15, -0.1) is 0 Å². The zero-order valence-corrected chi connectivity index (χ0v) is 12.3. The Morgan fingerprint density at radius 3 is 2.55 bits per heavy atom. The molecule has 3 aromatic rings. The molecule has 0 amide bonds. The predicted molar refractivity (Wildman–Crippen MR) is 82.6 cm³/mol. The van der Waals surface area contributed by atoms with E-state index >= 15 is 0 Å². The highest BCUT2D eigenvalue weighted by atomic mass is 16.5. The van der Waals surface area contributed by atoms with Gasteiger partial charge in [0.1, 0.15) is 18.3 Å². The molecular weight excluding hydrogens is 274 g/mol. The molecule has 0 saturated heterocycles. The van der Waals surface area contributed by atoms with Crippen molar-refractivity contribution in [2.45, 2.75) is 19.1 Å². The summed E-state index contributed by atoms with van der Waals surface area (Å²) in [7, 11) is 0. The van der Waals surface area contributed by atoms with E-state index in [4.69, 9.17) is 4.74 Å². The second-order valence-electron chi connectivity index (χ2n) is 5.58. The Morgan fingerprint density at radius 2 is 1.77 bits per heavy atom. The van der Waals surface area contributed by atoms with E-state index in [1.165, 1.54) is 5.56 Å². The minimum Gasteiger partial charge on any atom is -0.367 e. The van der Waals surface area contributed by atoms with Crippen LogP contribution >= 0.6 is 0 Å².